The van der Waals surface area contributed by atoms with E-state index in [2.05, 4.69) is 5.73 Å². The molecule has 0 aliphatic carbocycles. The third kappa shape index (κ3) is 1.20. The van der Waals surface area contributed by atoms with E-state index in [4.69, 9.17) is 5.11 Å². The Kier molecular flexibility index (Phi) is 1.92. The second-order valence-corrected chi connectivity index (χ2v) is 2.41. The van der Waals surface area contributed by atoms with Crippen molar-refractivity contribution in [3.63, 3.8) is 0 Å². The second-order valence-electron chi connectivity index (χ2n) is 2.41. The van der Waals surface area contributed by atoms with Crippen LogP contribution in [0.1, 0.15) is 0 Å². The average Bonchev–Trinajstić information content (AvgIpc) is 1.99. The van der Waals surface area contributed by atoms with Gasteiger partial charge in [-0.25, -0.2) is 9.18 Å². The molecular formula is C5H6FN3O4. The van der Waals surface area contributed by atoms with Crippen LogP contribution in [-0.4, -0.2) is 34.8 Å². The van der Waals surface area contributed by atoms with Crippen molar-refractivity contribution in [2.45, 2.75) is 11.9 Å². The number of primary amides is 1. The number of urea groups is 1. The second kappa shape index (κ2) is 2.66. The minimum Gasteiger partial charge on any atom is -0.369 e. The Morgan fingerprint density at radius 2 is 2.15 bits per heavy atom. The zero-order valence-electron chi connectivity index (χ0n) is 6.20. The lowest BCUT2D eigenvalue weighted by Gasteiger charge is -2.30. The normalized spacial score (nSPS) is 33.5. The fraction of sp³-hybridized carbons (Fsp3) is 0.400. The molecule has 4 amide bonds. The average molecular weight is 191 g/mol. The Hall–Kier alpha value is -1.70. The molecule has 0 aromatic carbocycles. The number of imide groups is 1. The van der Waals surface area contributed by atoms with Gasteiger partial charge in [0.05, 0.1) is 0 Å². The van der Waals surface area contributed by atoms with E-state index in [0.717, 1.165) is 0 Å². The third-order valence-corrected chi connectivity index (χ3v) is 1.56. The Morgan fingerprint density at radius 3 is 2.54 bits per heavy atom. The molecule has 5 N–H and O–H groups in total. The fourth-order valence-corrected chi connectivity index (χ4v) is 0.825. The lowest BCUT2D eigenvalue weighted by atomic mass is 10.0. The van der Waals surface area contributed by atoms with Gasteiger partial charge in [-0.3, -0.25) is 14.9 Å². The SMILES string of the molecule is NC(=O)C1(F)C(=O)NC(=O)NC1O. The molecule has 8 heteroatoms. The van der Waals surface area contributed by atoms with E-state index in [1.54, 1.807) is 5.32 Å². The van der Waals surface area contributed by atoms with Crippen molar-refractivity contribution < 1.29 is 23.9 Å². The maximum Gasteiger partial charge on any atom is 0.323 e. The molecule has 0 radical (unpaired) electrons. The number of nitrogens with one attached hydrogen (secondary N) is 2. The van der Waals surface area contributed by atoms with Gasteiger partial charge in [-0.05, 0) is 0 Å². The van der Waals surface area contributed by atoms with E-state index in [1.165, 1.54) is 5.32 Å². The van der Waals surface area contributed by atoms with E-state index < -0.39 is 29.7 Å². The maximum atomic E-state index is 13.3. The summed E-state index contributed by atoms with van der Waals surface area (Å²) in [4.78, 5) is 31.7. The molecular weight excluding hydrogens is 185 g/mol. The topological polar surface area (TPSA) is 122 Å². The Bertz CT molecular complexity index is 294. The highest BCUT2D eigenvalue weighted by molar-refractivity contribution is 6.14. The van der Waals surface area contributed by atoms with Crippen LogP contribution in [-0.2, 0) is 9.59 Å². The van der Waals surface area contributed by atoms with Crippen molar-refractivity contribution in [2.75, 3.05) is 0 Å². The highest BCUT2D eigenvalue weighted by Crippen LogP contribution is 2.17. The fourth-order valence-electron chi connectivity index (χ4n) is 0.825. The highest BCUT2D eigenvalue weighted by Gasteiger charge is 2.56. The summed E-state index contributed by atoms with van der Waals surface area (Å²) in [6, 6.07) is -1.09. The smallest absolute Gasteiger partial charge is 0.323 e. The van der Waals surface area contributed by atoms with Crippen molar-refractivity contribution in [2.24, 2.45) is 5.73 Å². The molecule has 1 aliphatic heterocycles. The molecule has 1 saturated heterocycles. The summed E-state index contributed by atoms with van der Waals surface area (Å²) in [6.07, 6.45) is -2.26. The summed E-state index contributed by atoms with van der Waals surface area (Å²) < 4.78 is 13.3. The minimum absolute atomic E-state index is 1.09. The van der Waals surface area contributed by atoms with E-state index in [9.17, 15) is 18.8 Å². The Balaban J connectivity index is 3.03. The van der Waals surface area contributed by atoms with E-state index in [-0.39, 0.29) is 0 Å². The van der Waals surface area contributed by atoms with Crippen molar-refractivity contribution >= 4 is 17.8 Å². The summed E-state index contributed by atoms with van der Waals surface area (Å²) >= 11 is 0. The van der Waals surface area contributed by atoms with Crippen LogP contribution in [0.2, 0.25) is 0 Å². The number of nitrogens with two attached hydrogens (primary N) is 1. The summed E-state index contributed by atoms with van der Waals surface area (Å²) in [5, 5.41) is 11.9. The van der Waals surface area contributed by atoms with Gasteiger partial charge in [-0.15, -0.1) is 0 Å². The van der Waals surface area contributed by atoms with Crippen LogP contribution in [0, 0.1) is 0 Å². The lowest BCUT2D eigenvalue weighted by molar-refractivity contribution is -0.155. The van der Waals surface area contributed by atoms with Crippen LogP contribution in [0.25, 0.3) is 0 Å². The molecule has 1 rings (SSSR count). The molecule has 0 bridgehead atoms. The zero-order valence-corrected chi connectivity index (χ0v) is 6.20. The molecule has 2 unspecified atom stereocenters. The molecule has 0 saturated carbocycles. The number of hydrogen-bond acceptors (Lipinski definition) is 4. The van der Waals surface area contributed by atoms with Crippen molar-refractivity contribution in [3.05, 3.63) is 0 Å². The Labute approximate surface area is 71.1 Å². The summed E-state index contributed by atoms with van der Waals surface area (Å²) in [6.45, 7) is 0. The van der Waals surface area contributed by atoms with Gasteiger partial charge < -0.3 is 16.2 Å². The van der Waals surface area contributed by atoms with Gasteiger partial charge in [0.1, 0.15) is 0 Å². The number of carbonyl (C=O) groups excluding carboxylic acids is 3. The van der Waals surface area contributed by atoms with Crippen LogP contribution in [0.15, 0.2) is 0 Å². The first-order valence-corrected chi connectivity index (χ1v) is 3.18. The van der Waals surface area contributed by atoms with Crippen LogP contribution in [0.3, 0.4) is 0 Å². The largest absolute Gasteiger partial charge is 0.369 e. The van der Waals surface area contributed by atoms with Gasteiger partial charge >= 0.3 is 11.7 Å². The molecule has 1 heterocycles. The van der Waals surface area contributed by atoms with E-state index in [0.29, 0.717) is 0 Å². The van der Waals surface area contributed by atoms with Crippen LogP contribution in [0.4, 0.5) is 9.18 Å². The predicted molar refractivity (Wildman–Crippen MR) is 35.7 cm³/mol. The molecule has 0 aromatic rings. The van der Waals surface area contributed by atoms with Gasteiger partial charge in [-0.2, -0.15) is 0 Å². The summed E-state index contributed by atoms with van der Waals surface area (Å²) in [5.41, 5.74) is 1.23. The number of carbonyl (C=O) groups is 3. The lowest BCUT2D eigenvalue weighted by Crippen LogP contribution is -2.71. The maximum absolute atomic E-state index is 13.3. The summed E-state index contributed by atoms with van der Waals surface area (Å²) in [7, 11) is 0. The molecule has 0 spiro atoms. The first-order chi connectivity index (χ1) is 5.89. The monoisotopic (exact) mass is 191 g/mol. The van der Waals surface area contributed by atoms with Crippen LogP contribution in [0.5, 0.6) is 0 Å². The van der Waals surface area contributed by atoms with Crippen molar-refractivity contribution in [1.29, 1.82) is 0 Å². The number of hydrogen-bond donors (Lipinski definition) is 4. The minimum atomic E-state index is -3.31. The van der Waals surface area contributed by atoms with E-state index >= 15 is 0 Å². The van der Waals surface area contributed by atoms with Gasteiger partial charge in [-0.1, -0.05) is 0 Å². The van der Waals surface area contributed by atoms with Crippen molar-refractivity contribution in [1.82, 2.24) is 10.6 Å². The molecule has 1 aliphatic rings. The molecule has 7 nitrogen and oxygen atoms in total. The van der Waals surface area contributed by atoms with Gasteiger partial charge in [0, 0.05) is 0 Å². The number of halogens is 1. The molecule has 0 aromatic heterocycles. The number of amides is 4. The molecule has 2 atom stereocenters. The third-order valence-electron chi connectivity index (χ3n) is 1.56. The standard InChI is InChI=1S/C5H6FN3O4/c6-5(1(7)10)2(11)8-4(13)9-3(5)12/h2,11H,(H2,7,10)(H2,8,9,12,13). The highest BCUT2D eigenvalue weighted by atomic mass is 19.1. The Morgan fingerprint density at radius 1 is 1.62 bits per heavy atom. The van der Waals surface area contributed by atoms with Crippen LogP contribution >= 0.6 is 0 Å². The first-order valence-electron chi connectivity index (χ1n) is 3.18. The number of alkyl halides is 1. The van der Waals surface area contributed by atoms with Gasteiger partial charge in [0.15, 0.2) is 6.23 Å². The van der Waals surface area contributed by atoms with Crippen molar-refractivity contribution in [3.8, 4) is 0 Å². The summed E-state index contributed by atoms with van der Waals surface area (Å²) in [5.74, 6) is -3.24. The zero-order chi connectivity index (χ0) is 10.2. The first kappa shape index (κ1) is 9.39. The van der Waals surface area contributed by atoms with E-state index in [1.807, 2.05) is 0 Å². The van der Waals surface area contributed by atoms with Gasteiger partial charge in [0.25, 0.3) is 11.8 Å². The van der Waals surface area contributed by atoms with Crippen LogP contribution < -0.4 is 16.4 Å². The molecule has 1 fully saturated rings. The predicted octanol–water partition coefficient (Wildman–Crippen LogP) is -2.66. The molecule has 72 valence electrons. The number of aliphatic hydroxyl groups is 1. The number of aliphatic hydroxyl groups excluding tert-OH is 1. The number of rotatable bonds is 1. The molecule has 13 heavy (non-hydrogen) atoms. The quantitative estimate of drug-likeness (QED) is 0.338. The van der Waals surface area contributed by atoms with Gasteiger partial charge in [0.2, 0.25) is 0 Å².